The molecule has 3 aliphatic rings. The molecule has 0 bridgehead atoms. The third kappa shape index (κ3) is 4.03. The van der Waals surface area contributed by atoms with E-state index in [9.17, 15) is 13.2 Å². The van der Waals surface area contributed by atoms with Crippen LogP contribution in [-0.4, -0.2) is 69.3 Å². The second-order valence-corrected chi connectivity index (χ2v) is 9.61. The Labute approximate surface area is 181 Å². The van der Waals surface area contributed by atoms with Crippen LogP contribution in [0.4, 0.5) is 0 Å². The van der Waals surface area contributed by atoms with Crippen LogP contribution >= 0.6 is 0 Å². The van der Waals surface area contributed by atoms with E-state index in [1.807, 2.05) is 6.07 Å². The lowest BCUT2D eigenvalue weighted by Crippen LogP contribution is -2.49. The number of fused-ring (bicyclic) bond motifs is 2. The average molecular weight is 441 g/mol. The third-order valence-electron chi connectivity index (χ3n) is 5.92. The van der Waals surface area contributed by atoms with Crippen LogP contribution in [-0.2, 0) is 27.8 Å². The third-order valence-corrected chi connectivity index (χ3v) is 7.32. The fraction of sp³-hybridized carbons (Fsp3) is 0.364. The van der Waals surface area contributed by atoms with Gasteiger partial charge in [0.1, 0.15) is 18.1 Å². The predicted molar refractivity (Wildman–Crippen MR) is 116 cm³/mol. The fourth-order valence-electron chi connectivity index (χ4n) is 4.25. The van der Waals surface area contributed by atoms with Crippen molar-refractivity contribution in [1.82, 2.24) is 14.5 Å². The SMILES string of the molecule is O=C(CN=C1NS(=O)(=O)c2ccccc21)N1CCN(Cc2ccc3c(c2)CCO3)CC1. The molecule has 8 nitrogen and oxygen atoms in total. The Hall–Kier alpha value is -2.91. The molecule has 3 heterocycles. The van der Waals surface area contributed by atoms with Crippen molar-refractivity contribution in [3.8, 4) is 5.75 Å². The summed E-state index contributed by atoms with van der Waals surface area (Å²) in [5, 5.41) is 0. The maximum Gasteiger partial charge on any atom is 0.263 e. The zero-order valence-corrected chi connectivity index (χ0v) is 17.9. The van der Waals surface area contributed by atoms with Gasteiger partial charge >= 0.3 is 0 Å². The van der Waals surface area contributed by atoms with Gasteiger partial charge in [-0.2, -0.15) is 0 Å². The van der Waals surface area contributed by atoms with Crippen LogP contribution in [0.25, 0.3) is 0 Å². The normalized spacial score (nSPS) is 20.8. The molecule has 0 spiro atoms. The van der Waals surface area contributed by atoms with E-state index in [2.05, 4.69) is 26.7 Å². The second-order valence-electron chi connectivity index (χ2n) is 7.96. The topological polar surface area (TPSA) is 91.3 Å². The van der Waals surface area contributed by atoms with Crippen LogP contribution in [0.15, 0.2) is 52.4 Å². The molecule has 0 atom stereocenters. The van der Waals surface area contributed by atoms with Crippen LogP contribution in [0.1, 0.15) is 16.7 Å². The van der Waals surface area contributed by atoms with Gasteiger partial charge in [0.15, 0.2) is 0 Å². The molecule has 1 fully saturated rings. The highest BCUT2D eigenvalue weighted by molar-refractivity contribution is 7.90. The molecule has 162 valence electrons. The fourth-order valence-corrected chi connectivity index (χ4v) is 5.50. The summed E-state index contributed by atoms with van der Waals surface area (Å²) in [7, 11) is -3.59. The Bertz CT molecular complexity index is 1150. The van der Waals surface area contributed by atoms with E-state index >= 15 is 0 Å². The number of amidine groups is 1. The lowest BCUT2D eigenvalue weighted by Gasteiger charge is -2.34. The van der Waals surface area contributed by atoms with Crippen LogP contribution in [0.3, 0.4) is 0 Å². The number of piperazine rings is 1. The van der Waals surface area contributed by atoms with Gasteiger partial charge in [-0.1, -0.05) is 24.3 Å². The first-order valence-corrected chi connectivity index (χ1v) is 11.9. The van der Waals surface area contributed by atoms with E-state index in [0.717, 1.165) is 38.4 Å². The van der Waals surface area contributed by atoms with Crippen molar-refractivity contribution in [2.45, 2.75) is 17.9 Å². The molecule has 1 saturated heterocycles. The van der Waals surface area contributed by atoms with Gasteiger partial charge in [-0.15, -0.1) is 0 Å². The quantitative estimate of drug-likeness (QED) is 0.766. The first-order valence-electron chi connectivity index (χ1n) is 10.4. The van der Waals surface area contributed by atoms with Crippen molar-refractivity contribution in [3.05, 3.63) is 59.2 Å². The maximum absolute atomic E-state index is 12.6. The number of ether oxygens (including phenoxy) is 1. The molecule has 2 aromatic carbocycles. The van der Waals surface area contributed by atoms with Crippen molar-refractivity contribution in [2.75, 3.05) is 39.3 Å². The van der Waals surface area contributed by atoms with Gasteiger partial charge in [-0.25, -0.2) is 8.42 Å². The average Bonchev–Trinajstić information content (AvgIpc) is 3.34. The van der Waals surface area contributed by atoms with Gasteiger partial charge in [0, 0.05) is 44.7 Å². The van der Waals surface area contributed by atoms with Gasteiger partial charge in [0.25, 0.3) is 10.0 Å². The van der Waals surface area contributed by atoms with Crippen molar-refractivity contribution in [1.29, 1.82) is 0 Å². The van der Waals surface area contributed by atoms with Gasteiger partial charge in [0.2, 0.25) is 5.91 Å². The summed E-state index contributed by atoms with van der Waals surface area (Å²) in [5.41, 5.74) is 3.05. The van der Waals surface area contributed by atoms with Crippen molar-refractivity contribution < 1.29 is 17.9 Å². The summed E-state index contributed by atoms with van der Waals surface area (Å²) in [5.74, 6) is 1.14. The molecule has 0 unspecified atom stereocenters. The van der Waals surface area contributed by atoms with Crippen LogP contribution in [0.2, 0.25) is 0 Å². The molecule has 0 aliphatic carbocycles. The summed E-state index contributed by atoms with van der Waals surface area (Å²) in [6.45, 7) is 4.42. The molecule has 31 heavy (non-hydrogen) atoms. The molecule has 0 radical (unpaired) electrons. The summed E-state index contributed by atoms with van der Waals surface area (Å²) in [6.07, 6.45) is 0.967. The van der Waals surface area contributed by atoms with Crippen LogP contribution < -0.4 is 9.46 Å². The highest BCUT2D eigenvalue weighted by atomic mass is 32.2. The van der Waals surface area contributed by atoms with Gasteiger partial charge in [-0.3, -0.25) is 19.4 Å². The van der Waals surface area contributed by atoms with Crippen molar-refractivity contribution >= 4 is 21.8 Å². The number of nitrogens with one attached hydrogen (secondary N) is 1. The van der Waals surface area contributed by atoms with Gasteiger partial charge in [-0.05, 0) is 29.3 Å². The highest BCUT2D eigenvalue weighted by Gasteiger charge is 2.30. The zero-order chi connectivity index (χ0) is 21.4. The largest absolute Gasteiger partial charge is 0.493 e. The molecular formula is C22H24N4O4S. The summed E-state index contributed by atoms with van der Waals surface area (Å²) in [6, 6.07) is 13.0. The minimum absolute atomic E-state index is 0.0724. The molecule has 5 rings (SSSR count). The molecule has 2 aromatic rings. The number of nitrogens with zero attached hydrogens (tertiary/aromatic N) is 3. The smallest absolute Gasteiger partial charge is 0.263 e. The van der Waals surface area contributed by atoms with E-state index in [-0.39, 0.29) is 23.2 Å². The Morgan fingerprint density at radius 3 is 2.74 bits per heavy atom. The summed E-state index contributed by atoms with van der Waals surface area (Å²) >= 11 is 0. The number of hydrogen-bond donors (Lipinski definition) is 1. The number of amides is 1. The molecule has 3 aliphatic heterocycles. The van der Waals surface area contributed by atoms with Crippen LogP contribution in [0, 0.1) is 0 Å². The van der Waals surface area contributed by atoms with E-state index in [1.54, 1.807) is 23.1 Å². The van der Waals surface area contributed by atoms with E-state index < -0.39 is 10.0 Å². The maximum atomic E-state index is 12.6. The number of carbonyl (C=O) groups is 1. The first kappa shape index (κ1) is 20.0. The second kappa shape index (κ2) is 7.97. The lowest BCUT2D eigenvalue weighted by atomic mass is 10.1. The minimum atomic E-state index is -3.59. The molecular weight excluding hydrogens is 416 g/mol. The Balaban J connectivity index is 1.16. The number of carbonyl (C=O) groups excluding carboxylic acids is 1. The highest BCUT2D eigenvalue weighted by Crippen LogP contribution is 2.26. The van der Waals surface area contributed by atoms with Crippen molar-refractivity contribution in [2.24, 2.45) is 4.99 Å². The Morgan fingerprint density at radius 2 is 1.90 bits per heavy atom. The molecule has 1 N–H and O–H groups in total. The first-order chi connectivity index (χ1) is 15.0. The number of rotatable bonds is 4. The van der Waals surface area contributed by atoms with Gasteiger partial charge < -0.3 is 9.64 Å². The predicted octanol–water partition coefficient (Wildman–Crippen LogP) is 1.00. The van der Waals surface area contributed by atoms with Crippen LogP contribution in [0.5, 0.6) is 5.75 Å². The van der Waals surface area contributed by atoms with E-state index in [4.69, 9.17) is 4.74 Å². The zero-order valence-electron chi connectivity index (χ0n) is 17.1. The Morgan fingerprint density at radius 1 is 1.10 bits per heavy atom. The molecule has 0 saturated carbocycles. The number of benzene rings is 2. The number of hydrogen-bond acceptors (Lipinski definition) is 6. The monoisotopic (exact) mass is 440 g/mol. The molecule has 1 amide bonds. The van der Waals surface area contributed by atoms with Gasteiger partial charge in [0.05, 0.1) is 11.5 Å². The summed E-state index contributed by atoms with van der Waals surface area (Å²) in [4.78, 5) is 21.2. The van der Waals surface area contributed by atoms with Crippen molar-refractivity contribution in [3.63, 3.8) is 0 Å². The summed E-state index contributed by atoms with van der Waals surface area (Å²) < 4.78 is 32.3. The van der Waals surface area contributed by atoms with E-state index in [0.29, 0.717) is 18.7 Å². The van der Waals surface area contributed by atoms with E-state index in [1.165, 1.54) is 17.2 Å². The molecule has 0 aromatic heterocycles. The lowest BCUT2D eigenvalue weighted by molar-refractivity contribution is -0.131. The minimum Gasteiger partial charge on any atom is -0.493 e. The number of sulfonamides is 1. The standard InChI is InChI=1S/C22H24N4O4S/c27-21(14-23-22-18-3-1-2-4-20(18)31(28,29)24-22)26-10-8-25(9-11-26)15-16-5-6-19-17(13-16)7-12-30-19/h1-6,13H,7-12,14-15H2,(H,23,24). The Kier molecular flexibility index (Phi) is 5.15. The number of aliphatic imine (C=N–C) groups is 1. The molecule has 9 heteroatoms.